The third-order valence-corrected chi connectivity index (χ3v) is 3.85. The summed E-state index contributed by atoms with van der Waals surface area (Å²) in [7, 11) is 0. The largest absolute Gasteiger partial charge is 0.400 e. The molecule has 2 rings (SSSR count). The van der Waals surface area contributed by atoms with Crippen molar-refractivity contribution in [2.45, 2.75) is 32.8 Å². The molecule has 0 radical (unpaired) electrons. The molecule has 0 aliphatic heterocycles. The molecule has 1 aliphatic rings. The van der Waals surface area contributed by atoms with Gasteiger partial charge in [-0.15, -0.1) is 0 Å². The first kappa shape index (κ1) is 16.5. The van der Waals surface area contributed by atoms with E-state index in [-0.39, 0.29) is 17.4 Å². The molecule has 1 aromatic carbocycles. The van der Waals surface area contributed by atoms with Crippen molar-refractivity contribution in [2.75, 3.05) is 6.61 Å². The Kier molecular flexibility index (Phi) is 5.19. The molecule has 4 N–H and O–H groups in total. The Hall–Kier alpha value is -1.88. The summed E-state index contributed by atoms with van der Waals surface area (Å²) in [6.07, 6.45) is 2.95. The number of hydrogen-bond acceptors (Lipinski definition) is 3. The fourth-order valence-corrected chi connectivity index (χ4v) is 2.81. The molecule has 0 aromatic heterocycles. The Balaban J connectivity index is 2.39. The number of allylic oxidation sites excluding steroid dienone is 2. The second kappa shape index (κ2) is 6.92. The van der Waals surface area contributed by atoms with E-state index in [9.17, 15) is 8.78 Å². The van der Waals surface area contributed by atoms with Crippen LogP contribution >= 0.6 is 0 Å². The number of rotatable bonds is 4. The van der Waals surface area contributed by atoms with Crippen LogP contribution in [0.5, 0.6) is 0 Å². The van der Waals surface area contributed by atoms with Crippen molar-refractivity contribution in [3.05, 3.63) is 52.7 Å². The highest BCUT2D eigenvalue weighted by molar-refractivity contribution is 5.66. The molecule has 2 unspecified atom stereocenters. The molecule has 0 spiro atoms. The summed E-state index contributed by atoms with van der Waals surface area (Å²) < 4.78 is 33.2. The van der Waals surface area contributed by atoms with Crippen molar-refractivity contribution >= 4 is 5.70 Å². The summed E-state index contributed by atoms with van der Waals surface area (Å²) in [5.74, 6) is -0.996. The molecule has 0 saturated heterocycles. The van der Waals surface area contributed by atoms with Crippen LogP contribution in [-0.4, -0.2) is 12.7 Å². The molecule has 0 heterocycles. The highest BCUT2D eigenvalue weighted by Gasteiger charge is 2.25. The highest BCUT2D eigenvalue weighted by atomic mass is 19.1. The van der Waals surface area contributed by atoms with Crippen molar-refractivity contribution in [3.63, 3.8) is 0 Å². The molecule has 1 aromatic rings. The molecule has 0 amide bonds. The maximum absolute atomic E-state index is 13.8. The zero-order chi connectivity index (χ0) is 16.3. The quantitative estimate of drug-likeness (QED) is 0.897. The van der Waals surface area contributed by atoms with Crippen molar-refractivity contribution in [3.8, 4) is 0 Å². The van der Waals surface area contributed by atoms with Gasteiger partial charge < -0.3 is 16.2 Å². The molecule has 1 aliphatic carbocycles. The lowest BCUT2D eigenvalue weighted by Crippen LogP contribution is -2.29. The fraction of sp³-hybridized carbons (Fsp3) is 0.412. The van der Waals surface area contributed by atoms with Gasteiger partial charge in [-0.2, -0.15) is 0 Å². The van der Waals surface area contributed by atoms with E-state index in [0.717, 1.165) is 12.0 Å². The van der Waals surface area contributed by atoms with Gasteiger partial charge in [0.2, 0.25) is 0 Å². The molecular weight excluding hydrogens is 286 g/mol. The number of nitrogens with two attached hydrogens (primary N) is 2. The standard InChI is InChI=1S/C17H22F2N2O/c1-3-22-15-8-10(2)7-11(17(15)21)9-14(20)16-12(18)5-4-6-13(16)19/h4-6,9-10,15H,3,7-8,20-21H2,1-2H3/b14-9-. The summed E-state index contributed by atoms with van der Waals surface area (Å²) >= 11 is 0. The van der Waals surface area contributed by atoms with Gasteiger partial charge >= 0.3 is 0 Å². The summed E-state index contributed by atoms with van der Waals surface area (Å²) in [4.78, 5) is 0. The van der Waals surface area contributed by atoms with Gasteiger partial charge in [0.05, 0.1) is 11.7 Å². The zero-order valence-corrected chi connectivity index (χ0v) is 12.9. The first-order valence-electron chi connectivity index (χ1n) is 7.45. The van der Waals surface area contributed by atoms with E-state index in [1.165, 1.54) is 18.2 Å². The minimum absolute atomic E-state index is 0.0397. The van der Waals surface area contributed by atoms with Gasteiger partial charge in [0, 0.05) is 18.0 Å². The van der Waals surface area contributed by atoms with Gasteiger partial charge in [0.25, 0.3) is 0 Å². The van der Waals surface area contributed by atoms with Gasteiger partial charge in [-0.3, -0.25) is 0 Å². The van der Waals surface area contributed by atoms with E-state index in [0.29, 0.717) is 24.6 Å². The first-order valence-corrected chi connectivity index (χ1v) is 7.45. The Morgan fingerprint density at radius 2 is 2.00 bits per heavy atom. The van der Waals surface area contributed by atoms with Crippen LogP contribution in [-0.2, 0) is 4.74 Å². The molecule has 120 valence electrons. The van der Waals surface area contributed by atoms with Crippen molar-refractivity contribution in [2.24, 2.45) is 17.4 Å². The summed E-state index contributed by atoms with van der Waals surface area (Å²) in [6, 6.07) is 3.68. The number of hydrogen-bond donors (Lipinski definition) is 2. The second-order valence-corrected chi connectivity index (χ2v) is 5.67. The van der Waals surface area contributed by atoms with Crippen LogP contribution in [0.15, 0.2) is 35.5 Å². The SMILES string of the molecule is CCOC1CC(C)CC(/C=C(\N)c2c(F)cccc2F)=C1N. The summed E-state index contributed by atoms with van der Waals surface area (Å²) in [6.45, 7) is 4.56. The van der Waals surface area contributed by atoms with Gasteiger partial charge in [0.1, 0.15) is 11.6 Å². The van der Waals surface area contributed by atoms with Crippen LogP contribution in [0.4, 0.5) is 8.78 Å². The maximum atomic E-state index is 13.8. The average molecular weight is 308 g/mol. The molecule has 3 nitrogen and oxygen atoms in total. The predicted molar refractivity (Wildman–Crippen MR) is 83.5 cm³/mol. The van der Waals surface area contributed by atoms with Crippen LogP contribution < -0.4 is 11.5 Å². The Bertz CT molecular complexity index is 590. The normalized spacial score (nSPS) is 23.0. The van der Waals surface area contributed by atoms with Crippen LogP contribution in [0.25, 0.3) is 5.70 Å². The lowest BCUT2D eigenvalue weighted by Gasteiger charge is -2.29. The van der Waals surface area contributed by atoms with E-state index in [1.807, 2.05) is 6.92 Å². The smallest absolute Gasteiger partial charge is 0.135 e. The van der Waals surface area contributed by atoms with Crippen LogP contribution in [0.1, 0.15) is 32.3 Å². The van der Waals surface area contributed by atoms with Crippen LogP contribution in [0.3, 0.4) is 0 Å². The monoisotopic (exact) mass is 308 g/mol. The topological polar surface area (TPSA) is 61.3 Å². The highest BCUT2D eigenvalue weighted by Crippen LogP contribution is 2.31. The van der Waals surface area contributed by atoms with Crippen molar-refractivity contribution < 1.29 is 13.5 Å². The molecule has 0 fully saturated rings. The molecule has 0 saturated carbocycles. The molecule has 2 atom stereocenters. The Morgan fingerprint density at radius 3 is 2.59 bits per heavy atom. The molecule has 22 heavy (non-hydrogen) atoms. The maximum Gasteiger partial charge on any atom is 0.135 e. The molecular formula is C17H22F2N2O. The van der Waals surface area contributed by atoms with E-state index in [1.54, 1.807) is 6.08 Å². The first-order chi connectivity index (χ1) is 10.4. The second-order valence-electron chi connectivity index (χ2n) is 5.67. The fourth-order valence-electron chi connectivity index (χ4n) is 2.81. The van der Waals surface area contributed by atoms with E-state index < -0.39 is 11.6 Å². The molecule has 0 bridgehead atoms. The van der Waals surface area contributed by atoms with Crippen LogP contribution in [0.2, 0.25) is 0 Å². The lowest BCUT2D eigenvalue weighted by atomic mass is 9.85. The number of halogens is 2. The summed E-state index contributed by atoms with van der Waals surface area (Å²) in [5.41, 5.74) is 13.3. The zero-order valence-electron chi connectivity index (χ0n) is 12.9. The van der Waals surface area contributed by atoms with Gasteiger partial charge in [-0.25, -0.2) is 8.78 Å². The van der Waals surface area contributed by atoms with Gasteiger partial charge in [-0.05, 0) is 49.5 Å². The lowest BCUT2D eigenvalue weighted by molar-refractivity contribution is 0.0644. The Labute approximate surface area is 129 Å². The minimum Gasteiger partial charge on any atom is -0.400 e. The third-order valence-electron chi connectivity index (χ3n) is 3.85. The van der Waals surface area contributed by atoms with E-state index in [2.05, 4.69) is 6.92 Å². The minimum atomic E-state index is -0.682. The van der Waals surface area contributed by atoms with E-state index in [4.69, 9.17) is 16.2 Å². The predicted octanol–water partition coefficient (Wildman–Crippen LogP) is 3.31. The summed E-state index contributed by atoms with van der Waals surface area (Å²) in [5, 5.41) is 0. The van der Waals surface area contributed by atoms with Crippen LogP contribution in [0, 0.1) is 17.6 Å². The van der Waals surface area contributed by atoms with Gasteiger partial charge in [-0.1, -0.05) is 13.0 Å². The third kappa shape index (κ3) is 3.47. The number of benzene rings is 1. The Morgan fingerprint density at radius 1 is 1.36 bits per heavy atom. The average Bonchev–Trinajstić information content (AvgIpc) is 2.44. The van der Waals surface area contributed by atoms with Crippen molar-refractivity contribution in [1.82, 2.24) is 0 Å². The van der Waals surface area contributed by atoms with E-state index >= 15 is 0 Å². The number of ether oxygens (including phenoxy) is 1. The molecule has 5 heteroatoms. The van der Waals surface area contributed by atoms with Crippen molar-refractivity contribution in [1.29, 1.82) is 0 Å². The van der Waals surface area contributed by atoms with Gasteiger partial charge in [0.15, 0.2) is 0 Å².